The van der Waals surface area contributed by atoms with Crippen LogP contribution in [0.1, 0.15) is 36.5 Å². The quantitative estimate of drug-likeness (QED) is 0.352. The molecule has 2 heteroatoms. The molecule has 0 aromatic heterocycles. The number of rotatable bonds is 7. The molecule has 0 radical (unpaired) electrons. The molecule has 0 spiro atoms. The van der Waals surface area contributed by atoms with Crippen LogP contribution in [0.15, 0.2) is 53.5 Å². The van der Waals surface area contributed by atoms with Gasteiger partial charge in [0.25, 0.3) is 0 Å². The third-order valence-corrected chi connectivity index (χ3v) is 5.87. The van der Waals surface area contributed by atoms with Crippen molar-refractivity contribution in [3.8, 4) is 0 Å². The summed E-state index contributed by atoms with van der Waals surface area (Å²) < 4.78 is 1.37. The molecule has 0 aliphatic heterocycles. The van der Waals surface area contributed by atoms with E-state index in [1.165, 1.54) is 45.1 Å². The van der Waals surface area contributed by atoms with Crippen LogP contribution in [0.3, 0.4) is 0 Å². The van der Waals surface area contributed by atoms with Crippen LogP contribution in [0.4, 0.5) is 5.69 Å². The van der Waals surface area contributed by atoms with Crippen molar-refractivity contribution in [1.82, 2.24) is 0 Å². The molecule has 1 nitrogen and oxygen atoms in total. The van der Waals surface area contributed by atoms with Gasteiger partial charge in [-0.25, -0.2) is 0 Å². The summed E-state index contributed by atoms with van der Waals surface area (Å²) in [6.07, 6.45) is 3.56. The summed E-state index contributed by atoms with van der Waals surface area (Å²) in [6.45, 7) is 6.58. The Kier molecular flexibility index (Phi) is 6.89. The van der Waals surface area contributed by atoms with Crippen LogP contribution >= 0.6 is 0 Å². The van der Waals surface area contributed by atoms with Crippen LogP contribution in [-0.2, 0) is 6.42 Å². The second-order valence-corrected chi connectivity index (χ2v) is 8.06. The predicted octanol–water partition coefficient (Wildman–Crippen LogP) is 5.50. The van der Waals surface area contributed by atoms with Crippen molar-refractivity contribution in [2.45, 2.75) is 45.4 Å². The van der Waals surface area contributed by atoms with Crippen molar-refractivity contribution in [3.05, 3.63) is 65.2 Å². The Balaban J connectivity index is 2.24. The van der Waals surface area contributed by atoms with Gasteiger partial charge in [-0.15, -0.1) is 0 Å². The van der Waals surface area contributed by atoms with Crippen LogP contribution in [0, 0.1) is 13.8 Å². The maximum atomic E-state index is 5.07. The van der Waals surface area contributed by atoms with Crippen LogP contribution in [0.5, 0.6) is 0 Å². The van der Waals surface area contributed by atoms with Gasteiger partial charge in [-0.2, -0.15) is 0 Å². The molecule has 2 rings (SSSR count). The topological polar surface area (TPSA) is 12.4 Å². The minimum absolute atomic E-state index is 0.487. The van der Waals surface area contributed by atoms with Crippen molar-refractivity contribution in [1.29, 1.82) is 0 Å². The van der Waals surface area contributed by atoms with Crippen LogP contribution in [0.25, 0.3) is 0 Å². The average molecular weight is 358 g/mol. The van der Waals surface area contributed by atoms with Crippen LogP contribution < -0.4 is 0 Å². The van der Waals surface area contributed by atoms with Gasteiger partial charge < -0.3 is 0 Å². The third-order valence-electron chi connectivity index (χ3n) is 3.64. The number of aliphatic imine (C=N–C) groups is 1. The van der Waals surface area contributed by atoms with Gasteiger partial charge in [-0.05, 0) is 0 Å². The summed E-state index contributed by atoms with van der Waals surface area (Å²) in [5, 5.41) is 1.29. The maximum absolute atomic E-state index is 5.07. The van der Waals surface area contributed by atoms with Crippen LogP contribution in [0.2, 0.25) is 5.32 Å². The van der Waals surface area contributed by atoms with E-state index in [-0.39, 0.29) is 0 Å². The van der Waals surface area contributed by atoms with E-state index in [0.717, 1.165) is 6.42 Å². The molecule has 0 saturated heterocycles. The Hall–Kier alpha value is -1.37. The van der Waals surface area contributed by atoms with Gasteiger partial charge in [-0.3, -0.25) is 0 Å². The minimum atomic E-state index is 0.487. The van der Waals surface area contributed by atoms with Crippen molar-refractivity contribution < 1.29 is 0 Å². The Morgan fingerprint density at radius 3 is 2.27 bits per heavy atom. The Morgan fingerprint density at radius 2 is 1.64 bits per heavy atom. The normalized spacial score (nSPS) is 11.7. The molecule has 0 saturated carbocycles. The van der Waals surface area contributed by atoms with Gasteiger partial charge in [0.1, 0.15) is 0 Å². The second-order valence-electron chi connectivity index (χ2n) is 5.61. The molecule has 2 aromatic rings. The summed E-state index contributed by atoms with van der Waals surface area (Å²) in [5.74, 6) is 0. The summed E-state index contributed by atoms with van der Waals surface area (Å²) in [6, 6.07) is 17.1. The summed E-state index contributed by atoms with van der Waals surface area (Å²) in [7, 11) is 0. The van der Waals surface area contributed by atoms with E-state index in [1.54, 1.807) is 0 Å². The molecule has 0 heterocycles. The van der Waals surface area contributed by atoms with Crippen LogP contribution in [-0.4, -0.2) is 19.6 Å². The number of benzene rings is 2. The number of hydrogen-bond acceptors (Lipinski definition) is 1. The third kappa shape index (κ3) is 5.12. The predicted molar refractivity (Wildman–Crippen MR) is 98.6 cm³/mol. The average Bonchev–Trinajstić information content (AvgIpc) is 2.52. The molecule has 0 aliphatic rings. The molecule has 0 bridgehead atoms. The zero-order chi connectivity index (χ0) is 15.8. The number of unbranched alkanes of at least 4 members (excludes halogenated alkanes) is 1. The first-order valence-corrected chi connectivity index (χ1v) is 10.1. The molecule has 0 unspecified atom stereocenters. The SMILES string of the molecule is CCCC[Se]C(Cc1ccccc1)=Nc1c(C)cccc1C. The molecule has 22 heavy (non-hydrogen) atoms. The number of hydrogen-bond donors (Lipinski definition) is 0. The first-order valence-electron chi connectivity index (χ1n) is 8.01. The fourth-order valence-electron chi connectivity index (χ4n) is 2.33. The zero-order valence-corrected chi connectivity index (χ0v) is 15.5. The van der Waals surface area contributed by atoms with E-state index >= 15 is 0 Å². The van der Waals surface area contributed by atoms with E-state index in [1.807, 2.05) is 0 Å². The van der Waals surface area contributed by atoms with Gasteiger partial charge in [0, 0.05) is 0 Å². The molecule has 0 N–H and O–H groups in total. The molecule has 2 aromatic carbocycles. The second kappa shape index (κ2) is 8.92. The summed E-state index contributed by atoms with van der Waals surface area (Å²) >= 11 is 0.487. The summed E-state index contributed by atoms with van der Waals surface area (Å²) in [5.41, 5.74) is 5.09. The van der Waals surface area contributed by atoms with Gasteiger partial charge in [0.2, 0.25) is 0 Å². The van der Waals surface area contributed by atoms with Crippen molar-refractivity contribution in [3.63, 3.8) is 0 Å². The first kappa shape index (κ1) is 17.0. The molecule has 0 aliphatic carbocycles. The number of aryl methyl sites for hydroxylation is 2. The van der Waals surface area contributed by atoms with Crippen molar-refractivity contribution in [2.75, 3.05) is 0 Å². The molecule has 0 atom stereocenters. The van der Waals surface area contributed by atoms with Gasteiger partial charge in [0.15, 0.2) is 0 Å². The molecule has 0 fully saturated rings. The zero-order valence-electron chi connectivity index (χ0n) is 13.8. The Labute approximate surface area is 141 Å². The fourth-order valence-corrected chi connectivity index (χ4v) is 4.63. The Bertz CT molecular complexity index is 597. The van der Waals surface area contributed by atoms with Gasteiger partial charge in [0.05, 0.1) is 0 Å². The van der Waals surface area contributed by atoms with E-state index in [4.69, 9.17) is 4.99 Å². The van der Waals surface area contributed by atoms with Crippen molar-refractivity contribution >= 4 is 25.3 Å². The monoisotopic (exact) mass is 359 g/mol. The first-order chi connectivity index (χ1) is 10.7. The number of para-hydroxylation sites is 1. The van der Waals surface area contributed by atoms with Crippen molar-refractivity contribution in [2.24, 2.45) is 4.99 Å². The number of nitrogens with zero attached hydrogens (tertiary/aromatic N) is 1. The molecular formula is C20H25NSe. The van der Waals surface area contributed by atoms with E-state index in [2.05, 4.69) is 69.3 Å². The Morgan fingerprint density at radius 1 is 0.955 bits per heavy atom. The summed E-state index contributed by atoms with van der Waals surface area (Å²) in [4.78, 5) is 5.07. The van der Waals surface area contributed by atoms with E-state index in [0.29, 0.717) is 15.0 Å². The fraction of sp³-hybridized carbons (Fsp3) is 0.350. The molecular weight excluding hydrogens is 333 g/mol. The molecule has 0 amide bonds. The standard InChI is InChI=1S/C20H25NSe/c1-4-5-14-22-19(15-18-12-7-6-8-13-18)21-20-16(2)10-9-11-17(20)3/h6-13H,4-5,14-15H2,1-3H3. The molecule has 116 valence electrons. The van der Waals surface area contributed by atoms with E-state index < -0.39 is 0 Å². The van der Waals surface area contributed by atoms with Gasteiger partial charge in [-0.1, -0.05) is 0 Å². The van der Waals surface area contributed by atoms with Gasteiger partial charge >= 0.3 is 141 Å². The van der Waals surface area contributed by atoms with E-state index in [9.17, 15) is 0 Å².